The fourth-order valence-electron chi connectivity index (χ4n) is 1.55. The molecule has 0 saturated carbocycles. The van der Waals surface area contributed by atoms with Gasteiger partial charge in [0.15, 0.2) is 11.5 Å². The van der Waals surface area contributed by atoms with Gasteiger partial charge in [0, 0.05) is 0 Å². The summed E-state index contributed by atoms with van der Waals surface area (Å²) in [5, 5.41) is 0. The Hall–Kier alpha value is -1.32. The number of ether oxygens (including phenoxy) is 2. The van der Waals surface area contributed by atoms with E-state index in [1.165, 1.54) is 12.1 Å². The predicted molar refractivity (Wildman–Crippen MR) is 76.3 cm³/mol. The third-order valence-corrected chi connectivity index (χ3v) is 2.92. The molecule has 0 aromatic heterocycles. The molecular formula is C16H24F2O2. The molecule has 0 aliphatic carbocycles. The summed E-state index contributed by atoms with van der Waals surface area (Å²) >= 11 is 0. The molecule has 0 saturated heterocycles. The second kappa shape index (κ2) is 8.08. The van der Waals surface area contributed by atoms with Crippen LogP contribution in [0.3, 0.4) is 0 Å². The van der Waals surface area contributed by atoms with Crippen LogP contribution in [-0.2, 0) is 0 Å². The number of rotatable bonds is 8. The summed E-state index contributed by atoms with van der Waals surface area (Å²) in [6, 6.07) is 2.84. The zero-order valence-electron chi connectivity index (χ0n) is 12.7. The van der Waals surface area contributed by atoms with E-state index in [4.69, 9.17) is 9.47 Å². The first-order chi connectivity index (χ1) is 9.41. The van der Waals surface area contributed by atoms with E-state index >= 15 is 0 Å². The molecule has 0 aliphatic rings. The van der Waals surface area contributed by atoms with E-state index in [-0.39, 0.29) is 11.5 Å². The first-order valence-corrected chi connectivity index (χ1v) is 7.15. The minimum atomic E-state index is -0.976. The maximum atomic E-state index is 13.8. The molecule has 20 heavy (non-hydrogen) atoms. The van der Waals surface area contributed by atoms with Crippen molar-refractivity contribution in [3.05, 3.63) is 23.8 Å². The maximum absolute atomic E-state index is 13.8. The molecular weight excluding hydrogens is 262 g/mol. The zero-order chi connectivity index (χ0) is 15.1. The van der Waals surface area contributed by atoms with E-state index in [2.05, 4.69) is 0 Å². The Morgan fingerprint density at radius 2 is 1.15 bits per heavy atom. The van der Waals surface area contributed by atoms with E-state index in [0.29, 0.717) is 25.0 Å². The second-order valence-corrected chi connectivity index (χ2v) is 5.75. The molecule has 114 valence electrons. The summed E-state index contributed by atoms with van der Waals surface area (Å²) in [7, 11) is 0. The molecule has 0 bridgehead atoms. The van der Waals surface area contributed by atoms with E-state index in [1.54, 1.807) is 0 Å². The summed E-state index contributed by atoms with van der Waals surface area (Å²) in [6.07, 6.45) is 1.60. The lowest BCUT2D eigenvalue weighted by Gasteiger charge is -2.12. The summed E-state index contributed by atoms with van der Waals surface area (Å²) in [6.45, 7) is 8.94. The molecule has 0 N–H and O–H groups in total. The van der Waals surface area contributed by atoms with Crippen molar-refractivity contribution in [2.75, 3.05) is 13.2 Å². The van der Waals surface area contributed by atoms with Gasteiger partial charge < -0.3 is 9.47 Å². The monoisotopic (exact) mass is 286 g/mol. The van der Waals surface area contributed by atoms with Crippen LogP contribution in [0.1, 0.15) is 40.5 Å². The summed E-state index contributed by atoms with van der Waals surface area (Å²) < 4.78 is 38.1. The zero-order valence-corrected chi connectivity index (χ0v) is 12.7. The Morgan fingerprint density at radius 3 is 1.45 bits per heavy atom. The Labute approximate surface area is 120 Å². The van der Waals surface area contributed by atoms with Crippen molar-refractivity contribution >= 4 is 0 Å². The van der Waals surface area contributed by atoms with Crippen LogP contribution in [-0.4, -0.2) is 13.2 Å². The third-order valence-electron chi connectivity index (χ3n) is 2.92. The fraction of sp³-hybridized carbons (Fsp3) is 0.625. The lowest BCUT2D eigenvalue weighted by Crippen LogP contribution is -2.06. The molecule has 1 aromatic rings. The lowest BCUT2D eigenvalue weighted by atomic mass is 10.1. The minimum Gasteiger partial charge on any atom is -0.490 e. The second-order valence-electron chi connectivity index (χ2n) is 5.75. The highest BCUT2D eigenvalue weighted by molar-refractivity contribution is 5.35. The highest BCUT2D eigenvalue weighted by Crippen LogP contribution is 2.28. The van der Waals surface area contributed by atoms with Crippen molar-refractivity contribution in [2.45, 2.75) is 40.5 Å². The smallest absolute Gasteiger partial charge is 0.204 e. The molecule has 0 fully saturated rings. The maximum Gasteiger partial charge on any atom is 0.204 e. The average molecular weight is 286 g/mol. The molecule has 0 heterocycles. The average Bonchev–Trinajstić information content (AvgIpc) is 2.36. The Kier molecular flexibility index (Phi) is 6.76. The van der Waals surface area contributed by atoms with Gasteiger partial charge in [-0.1, -0.05) is 27.7 Å². The first-order valence-electron chi connectivity index (χ1n) is 7.15. The largest absolute Gasteiger partial charge is 0.490 e. The van der Waals surface area contributed by atoms with Gasteiger partial charge in [0.1, 0.15) is 0 Å². The SMILES string of the molecule is CC(C)CCOc1ccc(OCCC(C)C)c(F)c1F. The topological polar surface area (TPSA) is 18.5 Å². The molecule has 0 atom stereocenters. The third kappa shape index (κ3) is 5.35. The van der Waals surface area contributed by atoms with Crippen molar-refractivity contribution < 1.29 is 18.3 Å². The summed E-state index contributed by atoms with van der Waals surface area (Å²) in [5.74, 6) is -1.14. The van der Waals surface area contributed by atoms with Crippen LogP contribution in [0.5, 0.6) is 11.5 Å². The minimum absolute atomic E-state index is 0.0561. The van der Waals surface area contributed by atoms with Crippen LogP contribution in [0.25, 0.3) is 0 Å². The van der Waals surface area contributed by atoms with E-state index < -0.39 is 11.6 Å². The molecule has 1 aromatic carbocycles. The molecule has 1 rings (SSSR count). The van der Waals surface area contributed by atoms with Crippen molar-refractivity contribution in [1.82, 2.24) is 0 Å². The van der Waals surface area contributed by atoms with Crippen LogP contribution < -0.4 is 9.47 Å². The van der Waals surface area contributed by atoms with Crippen molar-refractivity contribution in [3.8, 4) is 11.5 Å². The molecule has 0 radical (unpaired) electrons. The first kappa shape index (κ1) is 16.7. The van der Waals surface area contributed by atoms with Crippen LogP contribution in [0.4, 0.5) is 8.78 Å². The molecule has 0 amide bonds. The van der Waals surface area contributed by atoms with Crippen LogP contribution >= 0.6 is 0 Å². The Morgan fingerprint density at radius 1 is 0.800 bits per heavy atom. The van der Waals surface area contributed by atoms with Crippen LogP contribution in [0.15, 0.2) is 12.1 Å². The fourth-order valence-corrected chi connectivity index (χ4v) is 1.55. The van der Waals surface area contributed by atoms with E-state index in [0.717, 1.165) is 12.8 Å². The van der Waals surface area contributed by atoms with Gasteiger partial charge in [0.25, 0.3) is 0 Å². The van der Waals surface area contributed by atoms with E-state index in [9.17, 15) is 8.78 Å². The lowest BCUT2D eigenvalue weighted by molar-refractivity contribution is 0.255. The van der Waals surface area contributed by atoms with Gasteiger partial charge in [0.05, 0.1) is 13.2 Å². The summed E-state index contributed by atoms with van der Waals surface area (Å²) in [4.78, 5) is 0. The quantitative estimate of drug-likeness (QED) is 0.682. The van der Waals surface area contributed by atoms with Gasteiger partial charge in [0.2, 0.25) is 11.6 Å². The van der Waals surface area contributed by atoms with Gasteiger partial charge in [-0.15, -0.1) is 0 Å². The molecule has 2 nitrogen and oxygen atoms in total. The number of halogens is 2. The highest BCUT2D eigenvalue weighted by atomic mass is 19.2. The predicted octanol–water partition coefficient (Wildman–Crippen LogP) is 4.81. The summed E-state index contributed by atoms with van der Waals surface area (Å²) in [5.41, 5.74) is 0. The van der Waals surface area contributed by atoms with Crippen molar-refractivity contribution in [3.63, 3.8) is 0 Å². The van der Waals surface area contributed by atoms with Crippen molar-refractivity contribution in [1.29, 1.82) is 0 Å². The molecule has 0 spiro atoms. The number of hydrogen-bond donors (Lipinski definition) is 0. The molecule has 0 unspecified atom stereocenters. The van der Waals surface area contributed by atoms with Gasteiger partial charge >= 0.3 is 0 Å². The van der Waals surface area contributed by atoms with Crippen LogP contribution in [0.2, 0.25) is 0 Å². The van der Waals surface area contributed by atoms with Gasteiger partial charge in [-0.05, 0) is 36.8 Å². The number of benzene rings is 1. The van der Waals surface area contributed by atoms with Crippen molar-refractivity contribution in [2.24, 2.45) is 11.8 Å². The Bertz CT molecular complexity index is 378. The van der Waals surface area contributed by atoms with E-state index in [1.807, 2.05) is 27.7 Å². The van der Waals surface area contributed by atoms with Crippen LogP contribution in [0, 0.1) is 23.5 Å². The number of hydrogen-bond acceptors (Lipinski definition) is 2. The highest BCUT2D eigenvalue weighted by Gasteiger charge is 2.15. The van der Waals surface area contributed by atoms with Gasteiger partial charge in [-0.2, -0.15) is 8.78 Å². The Balaban J connectivity index is 2.61. The molecule has 0 aliphatic heterocycles. The van der Waals surface area contributed by atoms with Gasteiger partial charge in [-0.3, -0.25) is 0 Å². The normalized spacial score (nSPS) is 11.2. The standard InChI is InChI=1S/C16H24F2O2/c1-11(2)7-9-19-13-5-6-14(16(18)15(13)17)20-10-8-12(3)4/h5-6,11-12H,7-10H2,1-4H3. The molecule has 4 heteroatoms. The van der Waals surface area contributed by atoms with Gasteiger partial charge in [-0.25, -0.2) is 0 Å².